The highest BCUT2D eigenvalue weighted by molar-refractivity contribution is 5.94. The molecule has 2 amide bonds. The number of methoxy groups -OCH3 is 2. The minimum Gasteiger partial charge on any atom is -0.497 e. The molecule has 29 heavy (non-hydrogen) atoms. The van der Waals surface area contributed by atoms with Gasteiger partial charge in [-0.05, 0) is 49.7 Å². The number of amides is 2. The summed E-state index contributed by atoms with van der Waals surface area (Å²) in [4.78, 5) is 26.2. The molecule has 7 nitrogen and oxygen atoms in total. The molecule has 0 saturated carbocycles. The van der Waals surface area contributed by atoms with Crippen molar-refractivity contribution in [2.24, 2.45) is 0 Å². The summed E-state index contributed by atoms with van der Waals surface area (Å²) in [5.74, 6) is 1.20. The van der Waals surface area contributed by atoms with E-state index in [2.05, 4.69) is 5.32 Å². The number of nitrogens with one attached hydrogen (secondary N) is 1. The number of ether oxygens (including phenoxy) is 3. The summed E-state index contributed by atoms with van der Waals surface area (Å²) in [6.45, 7) is 4.08. The Morgan fingerprint density at radius 3 is 2.28 bits per heavy atom. The molecule has 2 aromatic carbocycles. The lowest BCUT2D eigenvalue weighted by Crippen LogP contribution is -2.34. The van der Waals surface area contributed by atoms with Gasteiger partial charge < -0.3 is 24.4 Å². The van der Waals surface area contributed by atoms with Crippen molar-refractivity contribution in [1.82, 2.24) is 10.2 Å². The number of rotatable bonds is 9. The van der Waals surface area contributed by atoms with Gasteiger partial charge in [0.25, 0.3) is 11.8 Å². The molecule has 0 aliphatic heterocycles. The molecule has 0 atom stereocenters. The number of benzene rings is 2. The van der Waals surface area contributed by atoms with Crippen LogP contribution in [0, 0.1) is 0 Å². The Kier molecular flexibility index (Phi) is 7.88. The van der Waals surface area contributed by atoms with Crippen molar-refractivity contribution in [2.45, 2.75) is 26.4 Å². The summed E-state index contributed by atoms with van der Waals surface area (Å²) in [6.07, 6.45) is 0. The largest absolute Gasteiger partial charge is 0.497 e. The zero-order valence-electron chi connectivity index (χ0n) is 17.5. The monoisotopic (exact) mass is 400 g/mol. The third-order valence-electron chi connectivity index (χ3n) is 4.14. The van der Waals surface area contributed by atoms with Crippen LogP contribution in [0.25, 0.3) is 0 Å². The van der Waals surface area contributed by atoms with E-state index in [1.54, 1.807) is 37.3 Å². The van der Waals surface area contributed by atoms with Gasteiger partial charge in [0.15, 0.2) is 18.1 Å². The zero-order valence-corrected chi connectivity index (χ0v) is 17.5. The van der Waals surface area contributed by atoms with E-state index in [0.717, 1.165) is 11.3 Å². The molecular weight excluding hydrogens is 372 g/mol. The van der Waals surface area contributed by atoms with Crippen LogP contribution < -0.4 is 19.5 Å². The van der Waals surface area contributed by atoms with Gasteiger partial charge in [-0.25, -0.2) is 0 Å². The van der Waals surface area contributed by atoms with Crippen LogP contribution in [0.3, 0.4) is 0 Å². The number of carbonyl (C=O) groups excluding carboxylic acids is 2. The topological polar surface area (TPSA) is 77.1 Å². The first-order chi connectivity index (χ1) is 13.8. The van der Waals surface area contributed by atoms with Crippen molar-refractivity contribution in [1.29, 1.82) is 0 Å². The second-order valence-corrected chi connectivity index (χ2v) is 6.89. The van der Waals surface area contributed by atoms with Gasteiger partial charge in [0.05, 0.1) is 14.2 Å². The molecule has 0 heterocycles. The second kappa shape index (κ2) is 10.4. The summed E-state index contributed by atoms with van der Waals surface area (Å²) in [5, 5.41) is 2.75. The summed E-state index contributed by atoms with van der Waals surface area (Å²) in [7, 11) is 4.84. The summed E-state index contributed by atoms with van der Waals surface area (Å²) in [5.41, 5.74) is 1.46. The van der Waals surface area contributed by atoms with Crippen LogP contribution in [-0.4, -0.2) is 50.6 Å². The molecule has 0 radical (unpaired) electrons. The normalized spacial score (nSPS) is 10.4. The molecule has 1 N–H and O–H groups in total. The van der Waals surface area contributed by atoms with Gasteiger partial charge >= 0.3 is 0 Å². The van der Waals surface area contributed by atoms with Crippen molar-refractivity contribution < 1.29 is 23.8 Å². The highest BCUT2D eigenvalue weighted by Gasteiger charge is 2.16. The van der Waals surface area contributed by atoms with Crippen LogP contribution in [0.5, 0.6) is 17.2 Å². The minimum absolute atomic E-state index is 0.0363. The average molecular weight is 400 g/mol. The van der Waals surface area contributed by atoms with E-state index >= 15 is 0 Å². The number of carbonyl (C=O) groups is 2. The van der Waals surface area contributed by atoms with Gasteiger partial charge in [0.1, 0.15) is 5.75 Å². The van der Waals surface area contributed by atoms with E-state index in [1.807, 2.05) is 38.1 Å². The molecule has 0 saturated heterocycles. The fraction of sp³-hybridized carbons (Fsp3) is 0.364. The Morgan fingerprint density at radius 1 is 1.00 bits per heavy atom. The highest BCUT2D eigenvalue weighted by atomic mass is 16.5. The number of nitrogens with zero attached hydrogens (tertiary/aromatic N) is 1. The fourth-order valence-corrected chi connectivity index (χ4v) is 2.72. The molecule has 0 fully saturated rings. The van der Waals surface area contributed by atoms with E-state index in [9.17, 15) is 9.59 Å². The number of hydrogen-bond donors (Lipinski definition) is 1. The van der Waals surface area contributed by atoms with E-state index in [0.29, 0.717) is 23.6 Å². The second-order valence-electron chi connectivity index (χ2n) is 6.89. The minimum atomic E-state index is -0.221. The Balaban J connectivity index is 2.04. The molecular formula is C22H28N2O5. The Hall–Kier alpha value is -3.22. The van der Waals surface area contributed by atoms with Crippen molar-refractivity contribution in [3.8, 4) is 17.2 Å². The maximum absolute atomic E-state index is 12.8. The van der Waals surface area contributed by atoms with Crippen LogP contribution >= 0.6 is 0 Å². The highest BCUT2D eigenvalue weighted by Crippen LogP contribution is 2.28. The Bertz CT molecular complexity index is 834. The molecule has 0 aliphatic carbocycles. The van der Waals surface area contributed by atoms with Gasteiger partial charge in [-0.3, -0.25) is 9.59 Å². The van der Waals surface area contributed by atoms with Crippen molar-refractivity contribution in [3.63, 3.8) is 0 Å². The first kappa shape index (κ1) is 22.1. The molecule has 7 heteroatoms. The molecule has 2 rings (SSSR count). The zero-order chi connectivity index (χ0) is 21.4. The van der Waals surface area contributed by atoms with Gasteiger partial charge in [0, 0.05) is 25.2 Å². The molecule has 156 valence electrons. The van der Waals surface area contributed by atoms with Crippen LogP contribution in [0.2, 0.25) is 0 Å². The molecule has 0 unspecified atom stereocenters. The standard InChI is InChI=1S/C22H28N2O5/c1-15(2)23-21(25)14-29-19-11-8-17(12-20(19)28-5)22(26)24(3)13-16-6-9-18(27-4)10-7-16/h6-12,15H,13-14H2,1-5H3,(H,23,25). The Labute approximate surface area is 171 Å². The van der Waals surface area contributed by atoms with E-state index in [-0.39, 0.29) is 24.5 Å². The molecule has 2 aromatic rings. The summed E-state index contributed by atoms with van der Waals surface area (Å²) in [6, 6.07) is 12.5. The lowest BCUT2D eigenvalue weighted by molar-refractivity contribution is -0.123. The van der Waals surface area contributed by atoms with Crippen molar-refractivity contribution in [2.75, 3.05) is 27.9 Å². The first-order valence-electron chi connectivity index (χ1n) is 9.32. The van der Waals surface area contributed by atoms with Crippen molar-refractivity contribution in [3.05, 3.63) is 53.6 Å². The third kappa shape index (κ3) is 6.41. The van der Waals surface area contributed by atoms with Crippen LogP contribution in [0.15, 0.2) is 42.5 Å². The lowest BCUT2D eigenvalue weighted by atomic mass is 10.1. The quantitative estimate of drug-likeness (QED) is 0.700. The predicted octanol–water partition coefficient (Wildman–Crippen LogP) is 2.88. The molecule has 0 bridgehead atoms. The molecule has 0 aliphatic rings. The summed E-state index contributed by atoms with van der Waals surface area (Å²) >= 11 is 0. The summed E-state index contributed by atoms with van der Waals surface area (Å²) < 4.78 is 16.0. The first-order valence-corrected chi connectivity index (χ1v) is 9.32. The smallest absolute Gasteiger partial charge is 0.258 e. The maximum atomic E-state index is 12.8. The van der Waals surface area contributed by atoms with Crippen molar-refractivity contribution >= 4 is 11.8 Å². The van der Waals surface area contributed by atoms with Gasteiger partial charge in [-0.2, -0.15) is 0 Å². The van der Waals surface area contributed by atoms with Crippen LogP contribution in [-0.2, 0) is 11.3 Å². The van der Waals surface area contributed by atoms with Gasteiger partial charge in [-0.1, -0.05) is 12.1 Å². The van der Waals surface area contributed by atoms with Crippen LogP contribution in [0.1, 0.15) is 29.8 Å². The van der Waals surface area contributed by atoms with Gasteiger partial charge in [-0.15, -0.1) is 0 Å². The SMILES string of the molecule is COc1ccc(CN(C)C(=O)c2ccc(OCC(=O)NC(C)C)c(OC)c2)cc1. The van der Waals surface area contributed by atoms with Crippen LogP contribution in [0.4, 0.5) is 0 Å². The number of hydrogen-bond acceptors (Lipinski definition) is 5. The predicted molar refractivity (Wildman–Crippen MR) is 111 cm³/mol. The van der Waals surface area contributed by atoms with E-state index in [4.69, 9.17) is 14.2 Å². The Morgan fingerprint density at radius 2 is 1.69 bits per heavy atom. The fourth-order valence-electron chi connectivity index (χ4n) is 2.72. The molecule has 0 spiro atoms. The maximum Gasteiger partial charge on any atom is 0.258 e. The molecule has 0 aromatic heterocycles. The van der Waals surface area contributed by atoms with E-state index < -0.39 is 0 Å². The lowest BCUT2D eigenvalue weighted by Gasteiger charge is -2.19. The third-order valence-corrected chi connectivity index (χ3v) is 4.14. The van der Waals surface area contributed by atoms with E-state index in [1.165, 1.54) is 7.11 Å². The van der Waals surface area contributed by atoms with Gasteiger partial charge in [0.2, 0.25) is 0 Å². The average Bonchev–Trinajstić information content (AvgIpc) is 2.71.